The van der Waals surface area contributed by atoms with Gasteiger partial charge in [0.25, 0.3) is 10.0 Å². The van der Waals surface area contributed by atoms with Crippen molar-refractivity contribution in [2.24, 2.45) is 7.05 Å². The minimum atomic E-state index is -3.90. The van der Waals surface area contributed by atoms with Gasteiger partial charge in [0, 0.05) is 7.05 Å². The fraction of sp³-hybridized carbons (Fsp3) is 0.100. The zero-order valence-corrected chi connectivity index (χ0v) is 10.9. The van der Waals surface area contributed by atoms with Gasteiger partial charge in [0.05, 0.1) is 16.9 Å². The summed E-state index contributed by atoms with van der Waals surface area (Å²) < 4.78 is 27.6. The zero-order chi connectivity index (χ0) is 13.3. The van der Waals surface area contributed by atoms with Crippen LogP contribution in [0.15, 0.2) is 35.5 Å². The lowest BCUT2D eigenvalue weighted by atomic mass is 10.3. The van der Waals surface area contributed by atoms with Gasteiger partial charge in [0.2, 0.25) is 0 Å². The predicted molar refractivity (Wildman–Crippen MR) is 67.1 cm³/mol. The van der Waals surface area contributed by atoms with E-state index < -0.39 is 10.0 Å². The number of aromatic hydroxyl groups is 1. The topological polar surface area (TPSA) is 84.2 Å². The Morgan fingerprint density at radius 2 is 2.06 bits per heavy atom. The Kier molecular flexibility index (Phi) is 3.18. The van der Waals surface area contributed by atoms with E-state index in [1.807, 2.05) is 0 Å². The zero-order valence-electron chi connectivity index (χ0n) is 9.33. The van der Waals surface area contributed by atoms with Gasteiger partial charge in [-0.25, -0.2) is 0 Å². The number of benzene rings is 1. The first kappa shape index (κ1) is 12.7. The summed E-state index contributed by atoms with van der Waals surface area (Å²) >= 11 is 5.77. The standard InChI is InChI=1S/C10H10ClN3O3S/c1-14-10(7(11)6-12-14)18(16,17)13-8-4-2-3-5-9(8)15/h2-6,13,15H,1H3. The summed E-state index contributed by atoms with van der Waals surface area (Å²) in [5, 5.41) is 13.1. The third kappa shape index (κ3) is 2.27. The smallest absolute Gasteiger partial charge is 0.280 e. The van der Waals surface area contributed by atoms with Crippen LogP contribution in [0.4, 0.5) is 5.69 Å². The van der Waals surface area contributed by atoms with Gasteiger partial charge < -0.3 is 5.11 Å². The number of aromatic nitrogens is 2. The van der Waals surface area contributed by atoms with Crippen LogP contribution >= 0.6 is 11.6 Å². The minimum absolute atomic E-state index is 0.0143. The number of nitrogens with one attached hydrogen (secondary N) is 1. The molecule has 6 nitrogen and oxygen atoms in total. The predicted octanol–water partition coefficient (Wildman–Crippen LogP) is 1.58. The third-order valence-electron chi connectivity index (χ3n) is 2.25. The molecule has 0 aliphatic carbocycles. The quantitative estimate of drug-likeness (QED) is 0.840. The summed E-state index contributed by atoms with van der Waals surface area (Å²) in [6.45, 7) is 0. The Morgan fingerprint density at radius 1 is 1.39 bits per heavy atom. The number of nitrogens with zero attached hydrogens (tertiary/aromatic N) is 2. The lowest BCUT2D eigenvalue weighted by Crippen LogP contribution is -2.17. The van der Waals surface area contributed by atoms with Crippen LogP contribution in [0.25, 0.3) is 0 Å². The van der Waals surface area contributed by atoms with Crippen molar-refractivity contribution < 1.29 is 13.5 Å². The molecular formula is C10H10ClN3O3S. The Hall–Kier alpha value is -1.73. The first-order valence-corrected chi connectivity index (χ1v) is 6.76. The maximum Gasteiger partial charge on any atom is 0.280 e. The van der Waals surface area contributed by atoms with E-state index in [1.165, 1.54) is 25.4 Å². The van der Waals surface area contributed by atoms with Crippen LogP contribution in [0, 0.1) is 0 Å². The fourth-order valence-electron chi connectivity index (χ4n) is 1.45. The molecule has 0 unspecified atom stereocenters. The summed E-state index contributed by atoms with van der Waals surface area (Å²) in [6.07, 6.45) is 1.24. The number of hydrogen-bond acceptors (Lipinski definition) is 4. The Bertz CT molecular complexity index is 662. The highest BCUT2D eigenvalue weighted by atomic mass is 35.5. The van der Waals surface area contributed by atoms with Crippen molar-refractivity contribution in [1.82, 2.24) is 9.78 Å². The molecule has 8 heteroatoms. The molecule has 0 radical (unpaired) electrons. The van der Waals surface area contributed by atoms with Crippen molar-refractivity contribution in [3.8, 4) is 5.75 Å². The van der Waals surface area contributed by atoms with E-state index in [0.717, 1.165) is 4.68 Å². The van der Waals surface area contributed by atoms with Gasteiger partial charge in [-0.15, -0.1) is 0 Å². The molecule has 0 spiro atoms. The number of phenolic OH excluding ortho intramolecular Hbond substituents is 1. The summed E-state index contributed by atoms with van der Waals surface area (Å²) in [7, 11) is -2.43. The lowest BCUT2D eigenvalue weighted by molar-refractivity contribution is 0.477. The van der Waals surface area contributed by atoms with Crippen LogP contribution in [0.2, 0.25) is 5.02 Å². The largest absolute Gasteiger partial charge is 0.506 e. The Morgan fingerprint density at radius 3 is 2.61 bits per heavy atom. The van der Waals surface area contributed by atoms with Crippen molar-refractivity contribution >= 4 is 27.3 Å². The molecular weight excluding hydrogens is 278 g/mol. The van der Waals surface area contributed by atoms with Gasteiger partial charge in [-0.1, -0.05) is 23.7 Å². The first-order valence-electron chi connectivity index (χ1n) is 4.90. The molecule has 0 amide bonds. The molecule has 0 aliphatic rings. The summed E-state index contributed by atoms with van der Waals surface area (Å²) in [5.41, 5.74) is 0.0785. The number of para-hydroxylation sites is 2. The van der Waals surface area contributed by atoms with Crippen LogP contribution in [0.3, 0.4) is 0 Å². The molecule has 0 bridgehead atoms. The molecule has 0 fully saturated rings. The monoisotopic (exact) mass is 287 g/mol. The molecule has 96 valence electrons. The van der Waals surface area contributed by atoms with E-state index in [4.69, 9.17) is 11.6 Å². The average Bonchev–Trinajstić information content (AvgIpc) is 2.62. The second-order valence-corrected chi connectivity index (χ2v) is 5.55. The van der Waals surface area contributed by atoms with E-state index in [9.17, 15) is 13.5 Å². The molecule has 2 aromatic rings. The summed E-state index contributed by atoms with van der Waals surface area (Å²) in [5.74, 6) is -0.167. The second-order valence-electron chi connectivity index (χ2n) is 3.54. The Labute approximate surface area is 109 Å². The summed E-state index contributed by atoms with van der Waals surface area (Å²) in [6, 6.07) is 6.01. The molecule has 0 aliphatic heterocycles. The fourth-order valence-corrected chi connectivity index (χ4v) is 3.19. The van der Waals surface area contributed by atoms with Crippen LogP contribution in [-0.4, -0.2) is 23.3 Å². The Balaban J connectivity index is 2.43. The van der Waals surface area contributed by atoms with Crippen LogP contribution in [0.1, 0.15) is 0 Å². The molecule has 2 rings (SSSR count). The van der Waals surface area contributed by atoms with E-state index >= 15 is 0 Å². The van der Waals surface area contributed by atoms with E-state index in [0.29, 0.717) is 0 Å². The molecule has 1 heterocycles. The maximum atomic E-state index is 12.1. The van der Waals surface area contributed by atoms with Gasteiger partial charge in [-0.3, -0.25) is 9.40 Å². The third-order valence-corrected chi connectivity index (χ3v) is 4.12. The number of anilines is 1. The number of hydrogen-bond donors (Lipinski definition) is 2. The number of aryl methyl sites for hydroxylation is 1. The average molecular weight is 288 g/mol. The van der Waals surface area contributed by atoms with E-state index in [-0.39, 0.29) is 21.5 Å². The highest BCUT2D eigenvalue weighted by molar-refractivity contribution is 7.92. The van der Waals surface area contributed by atoms with Gasteiger partial charge >= 0.3 is 0 Å². The second kappa shape index (κ2) is 4.51. The van der Waals surface area contributed by atoms with Crippen LogP contribution in [-0.2, 0) is 17.1 Å². The highest BCUT2D eigenvalue weighted by Crippen LogP contribution is 2.27. The van der Waals surface area contributed by atoms with Crippen molar-refractivity contribution in [3.05, 3.63) is 35.5 Å². The van der Waals surface area contributed by atoms with Gasteiger partial charge in [0.1, 0.15) is 5.75 Å². The molecule has 0 saturated heterocycles. The number of sulfonamides is 1. The molecule has 1 aromatic carbocycles. The normalized spacial score (nSPS) is 11.4. The molecule has 0 saturated carbocycles. The molecule has 18 heavy (non-hydrogen) atoms. The van der Waals surface area contributed by atoms with Gasteiger partial charge in [-0.2, -0.15) is 13.5 Å². The van der Waals surface area contributed by atoms with Gasteiger partial charge in [0.15, 0.2) is 5.03 Å². The van der Waals surface area contributed by atoms with Crippen LogP contribution in [0.5, 0.6) is 5.75 Å². The van der Waals surface area contributed by atoms with Crippen molar-refractivity contribution in [3.63, 3.8) is 0 Å². The minimum Gasteiger partial charge on any atom is -0.506 e. The molecule has 2 N–H and O–H groups in total. The van der Waals surface area contributed by atoms with Crippen LogP contribution < -0.4 is 4.72 Å². The highest BCUT2D eigenvalue weighted by Gasteiger charge is 2.23. The first-order chi connectivity index (χ1) is 8.42. The maximum absolute atomic E-state index is 12.1. The number of halogens is 1. The molecule has 0 atom stereocenters. The van der Waals surface area contributed by atoms with E-state index in [2.05, 4.69) is 9.82 Å². The van der Waals surface area contributed by atoms with Crippen molar-refractivity contribution in [2.45, 2.75) is 5.03 Å². The van der Waals surface area contributed by atoms with Gasteiger partial charge in [-0.05, 0) is 12.1 Å². The van der Waals surface area contributed by atoms with Crippen molar-refractivity contribution in [1.29, 1.82) is 0 Å². The summed E-state index contributed by atoms with van der Waals surface area (Å²) in [4.78, 5) is 0. The number of rotatable bonds is 3. The van der Waals surface area contributed by atoms with Crippen molar-refractivity contribution in [2.75, 3.05) is 4.72 Å². The SMILES string of the molecule is Cn1ncc(Cl)c1S(=O)(=O)Nc1ccccc1O. The number of phenols is 1. The molecule has 1 aromatic heterocycles. The van der Waals surface area contributed by atoms with E-state index in [1.54, 1.807) is 12.1 Å². The lowest BCUT2D eigenvalue weighted by Gasteiger charge is -2.09.